The van der Waals surface area contributed by atoms with Crippen molar-refractivity contribution in [1.82, 2.24) is 10.6 Å². The third-order valence-electron chi connectivity index (χ3n) is 8.72. The van der Waals surface area contributed by atoms with Crippen molar-refractivity contribution in [2.75, 3.05) is 6.54 Å². The minimum atomic E-state index is -0.207. The molecule has 1 aromatic carbocycles. The van der Waals surface area contributed by atoms with Gasteiger partial charge in [-0.25, -0.2) is 0 Å². The first-order chi connectivity index (χ1) is 16.2. The van der Waals surface area contributed by atoms with Crippen molar-refractivity contribution in [2.45, 2.75) is 86.1 Å². The maximum Gasteiger partial charge on any atom is 0.223 e. The van der Waals surface area contributed by atoms with Crippen molar-refractivity contribution in [3.05, 3.63) is 35.9 Å². The second kappa shape index (κ2) is 12.2. The molecule has 0 heterocycles. The SMILES string of the molecule is CC(C)C1CC[C@@H](C)C[C@H]1C(=O)N[C@H](CNC(=O)[C@@H]1C[C@H](C)CC[C@H]1C(C)C)c1ccccc1. The molecule has 4 heteroatoms. The molecule has 3 rings (SSSR count). The van der Waals surface area contributed by atoms with E-state index in [1.165, 1.54) is 12.8 Å². The molecule has 2 saturated carbocycles. The van der Waals surface area contributed by atoms with Crippen LogP contribution in [-0.2, 0) is 9.59 Å². The quantitative estimate of drug-likeness (QED) is 0.465. The Hall–Kier alpha value is -1.84. The number of carbonyl (C=O) groups excluding carboxylic acids is 2. The summed E-state index contributed by atoms with van der Waals surface area (Å²) < 4.78 is 0. The maximum atomic E-state index is 13.5. The molecule has 1 aromatic rings. The number of carbonyl (C=O) groups is 2. The van der Waals surface area contributed by atoms with E-state index in [1.807, 2.05) is 18.2 Å². The predicted octanol–water partition coefficient (Wildman–Crippen LogP) is 6.38. The Bertz CT molecular complexity index is 790. The molecule has 0 aliphatic heterocycles. The van der Waals surface area contributed by atoms with Crippen LogP contribution in [0.2, 0.25) is 0 Å². The molecule has 190 valence electrons. The van der Waals surface area contributed by atoms with E-state index in [4.69, 9.17) is 0 Å². The summed E-state index contributed by atoms with van der Waals surface area (Å²) >= 11 is 0. The Labute approximate surface area is 208 Å². The number of rotatable bonds is 8. The highest BCUT2D eigenvalue weighted by molar-refractivity contribution is 5.81. The molecule has 0 bridgehead atoms. The second-order valence-electron chi connectivity index (χ2n) is 12.1. The molecule has 4 nitrogen and oxygen atoms in total. The van der Waals surface area contributed by atoms with Crippen molar-refractivity contribution in [3.8, 4) is 0 Å². The molecule has 7 atom stereocenters. The number of nitrogens with one attached hydrogen (secondary N) is 2. The Balaban J connectivity index is 1.71. The normalized spacial score (nSPS) is 30.7. The summed E-state index contributed by atoms with van der Waals surface area (Å²) in [5.74, 6) is 3.49. The van der Waals surface area contributed by atoms with Crippen LogP contribution in [-0.4, -0.2) is 18.4 Å². The molecule has 0 aromatic heterocycles. The van der Waals surface area contributed by atoms with Crippen LogP contribution < -0.4 is 10.6 Å². The summed E-state index contributed by atoms with van der Waals surface area (Å²) in [5.41, 5.74) is 1.05. The maximum absolute atomic E-state index is 13.5. The zero-order valence-corrected chi connectivity index (χ0v) is 22.3. The average molecular weight is 469 g/mol. The summed E-state index contributed by atoms with van der Waals surface area (Å²) in [6.45, 7) is 13.9. The highest BCUT2D eigenvalue weighted by Gasteiger charge is 2.37. The minimum Gasteiger partial charge on any atom is -0.353 e. The average Bonchev–Trinajstić information content (AvgIpc) is 2.81. The van der Waals surface area contributed by atoms with Gasteiger partial charge in [0, 0.05) is 18.4 Å². The summed E-state index contributed by atoms with van der Waals surface area (Å²) in [7, 11) is 0. The van der Waals surface area contributed by atoms with Gasteiger partial charge in [0.2, 0.25) is 11.8 Å². The fraction of sp³-hybridized carbons (Fsp3) is 0.733. The van der Waals surface area contributed by atoms with Crippen LogP contribution >= 0.6 is 0 Å². The smallest absolute Gasteiger partial charge is 0.223 e. The summed E-state index contributed by atoms with van der Waals surface area (Å²) in [4.78, 5) is 26.9. The van der Waals surface area contributed by atoms with E-state index in [1.54, 1.807) is 0 Å². The van der Waals surface area contributed by atoms with Gasteiger partial charge in [0.05, 0.1) is 6.04 Å². The van der Waals surface area contributed by atoms with Crippen LogP contribution in [0.15, 0.2) is 30.3 Å². The molecule has 2 N–H and O–H groups in total. The van der Waals surface area contributed by atoms with Gasteiger partial charge in [-0.3, -0.25) is 9.59 Å². The van der Waals surface area contributed by atoms with E-state index in [-0.39, 0.29) is 29.7 Å². The minimum absolute atomic E-state index is 0.0511. The third-order valence-corrected chi connectivity index (χ3v) is 8.72. The van der Waals surface area contributed by atoms with Crippen molar-refractivity contribution in [1.29, 1.82) is 0 Å². The van der Waals surface area contributed by atoms with Gasteiger partial charge in [-0.1, -0.05) is 84.7 Å². The van der Waals surface area contributed by atoms with Crippen molar-refractivity contribution in [2.24, 2.45) is 47.3 Å². The van der Waals surface area contributed by atoms with Crippen molar-refractivity contribution in [3.63, 3.8) is 0 Å². The fourth-order valence-electron chi connectivity index (χ4n) is 6.56. The highest BCUT2D eigenvalue weighted by atomic mass is 16.2. The zero-order chi connectivity index (χ0) is 24.8. The highest BCUT2D eigenvalue weighted by Crippen LogP contribution is 2.39. The summed E-state index contributed by atoms with van der Waals surface area (Å²) in [5, 5.41) is 6.61. The molecule has 0 radical (unpaired) electrons. The van der Waals surface area contributed by atoms with Gasteiger partial charge >= 0.3 is 0 Å². The number of hydrogen-bond donors (Lipinski definition) is 2. The van der Waals surface area contributed by atoms with Crippen molar-refractivity contribution >= 4 is 11.8 Å². The topological polar surface area (TPSA) is 58.2 Å². The molecule has 2 amide bonds. The van der Waals surface area contributed by atoms with Gasteiger partial charge in [0.1, 0.15) is 0 Å². The molecule has 1 unspecified atom stereocenters. The zero-order valence-electron chi connectivity index (χ0n) is 22.3. The van der Waals surface area contributed by atoms with Crippen LogP contribution in [0.3, 0.4) is 0 Å². The molecular formula is C30H48N2O2. The monoisotopic (exact) mass is 468 g/mol. The lowest BCUT2D eigenvalue weighted by Crippen LogP contribution is -2.46. The van der Waals surface area contributed by atoms with Crippen LogP contribution in [0, 0.1) is 47.3 Å². The lowest BCUT2D eigenvalue weighted by Gasteiger charge is -2.38. The Morgan fingerprint density at radius 3 is 1.79 bits per heavy atom. The van der Waals surface area contributed by atoms with Crippen LogP contribution in [0.5, 0.6) is 0 Å². The lowest BCUT2D eigenvalue weighted by molar-refractivity contribution is -0.132. The lowest BCUT2D eigenvalue weighted by atomic mass is 9.69. The van der Waals surface area contributed by atoms with E-state index < -0.39 is 0 Å². The van der Waals surface area contributed by atoms with Gasteiger partial charge in [0.15, 0.2) is 0 Å². The van der Waals surface area contributed by atoms with Gasteiger partial charge in [-0.05, 0) is 66.8 Å². The first-order valence-corrected chi connectivity index (χ1v) is 13.8. The predicted molar refractivity (Wildman–Crippen MR) is 140 cm³/mol. The third kappa shape index (κ3) is 6.86. The van der Waals surface area contributed by atoms with Crippen molar-refractivity contribution < 1.29 is 9.59 Å². The molecular weight excluding hydrogens is 420 g/mol. The molecule has 0 spiro atoms. The van der Waals surface area contributed by atoms with Crippen LogP contribution in [0.4, 0.5) is 0 Å². The van der Waals surface area contributed by atoms with Crippen LogP contribution in [0.1, 0.15) is 91.7 Å². The molecule has 2 aliphatic rings. The first-order valence-electron chi connectivity index (χ1n) is 13.8. The van der Waals surface area contributed by atoms with E-state index in [9.17, 15) is 9.59 Å². The van der Waals surface area contributed by atoms with Crippen LogP contribution in [0.25, 0.3) is 0 Å². The first kappa shape index (κ1) is 26.8. The van der Waals surface area contributed by atoms with Gasteiger partial charge < -0.3 is 10.6 Å². The number of benzene rings is 1. The van der Waals surface area contributed by atoms with E-state index >= 15 is 0 Å². The van der Waals surface area contributed by atoms with E-state index in [2.05, 4.69) is 64.3 Å². The molecule has 2 aliphatic carbocycles. The Morgan fingerprint density at radius 1 is 0.794 bits per heavy atom. The second-order valence-corrected chi connectivity index (χ2v) is 12.1. The molecule has 0 saturated heterocycles. The standard InChI is InChI=1S/C30H48N2O2/c1-19(2)24-14-12-21(5)16-26(24)29(33)31-18-28(23-10-8-7-9-11-23)32-30(34)27-17-22(6)13-15-25(27)20(3)4/h7-11,19-22,24-28H,12-18H2,1-6H3,(H,31,33)(H,32,34)/t21-,22-,24+,25?,26-,27-,28-/m1/s1. The Morgan fingerprint density at radius 2 is 1.29 bits per heavy atom. The number of hydrogen-bond acceptors (Lipinski definition) is 2. The largest absolute Gasteiger partial charge is 0.353 e. The van der Waals surface area contributed by atoms with Gasteiger partial charge in [-0.15, -0.1) is 0 Å². The Kier molecular flexibility index (Phi) is 9.62. The summed E-state index contributed by atoms with van der Waals surface area (Å²) in [6.07, 6.45) is 6.60. The van der Waals surface area contributed by atoms with E-state index in [0.29, 0.717) is 42.1 Å². The summed E-state index contributed by atoms with van der Waals surface area (Å²) in [6, 6.07) is 9.91. The van der Waals surface area contributed by atoms with Gasteiger partial charge in [0.25, 0.3) is 0 Å². The molecule has 34 heavy (non-hydrogen) atoms. The van der Waals surface area contributed by atoms with Gasteiger partial charge in [-0.2, -0.15) is 0 Å². The fourth-order valence-corrected chi connectivity index (χ4v) is 6.56. The molecule has 2 fully saturated rings. The number of amides is 2. The van der Waals surface area contributed by atoms with E-state index in [0.717, 1.165) is 31.2 Å².